The monoisotopic (exact) mass is 361 g/mol. The van der Waals surface area contributed by atoms with Crippen LogP contribution in [0.1, 0.15) is 29.5 Å². The summed E-state index contributed by atoms with van der Waals surface area (Å²) in [6.07, 6.45) is 0.436. The molecule has 0 bridgehead atoms. The zero-order valence-electron chi connectivity index (χ0n) is 14.0. The third-order valence-corrected chi connectivity index (χ3v) is 4.57. The van der Waals surface area contributed by atoms with Crippen LogP contribution in [0.25, 0.3) is 5.78 Å². The first-order valence-electron chi connectivity index (χ1n) is 7.98. The molecule has 0 saturated heterocycles. The van der Waals surface area contributed by atoms with Crippen molar-refractivity contribution in [2.75, 3.05) is 11.9 Å². The highest BCUT2D eigenvalue weighted by atomic mass is 32.1. The number of nitrogens with one attached hydrogen (secondary N) is 2. The van der Waals surface area contributed by atoms with E-state index >= 15 is 0 Å². The number of rotatable bonds is 7. The summed E-state index contributed by atoms with van der Waals surface area (Å²) in [6.45, 7) is 4.44. The molecule has 3 aromatic rings. The van der Waals surface area contributed by atoms with Crippen LogP contribution in [-0.2, 0) is 22.5 Å². The van der Waals surface area contributed by atoms with Crippen molar-refractivity contribution in [3.05, 3.63) is 44.0 Å². The number of carbonyl (C=O) groups excluding carboxylic acids is 1. The molecule has 3 aromatic heterocycles. The van der Waals surface area contributed by atoms with Crippen molar-refractivity contribution in [3.63, 3.8) is 0 Å². The maximum atomic E-state index is 12.6. The summed E-state index contributed by atoms with van der Waals surface area (Å²) < 4.78 is 6.20. The van der Waals surface area contributed by atoms with Gasteiger partial charge in [0.15, 0.2) is 0 Å². The predicted octanol–water partition coefficient (Wildman–Crippen LogP) is 1.90. The highest BCUT2D eigenvalue weighted by Gasteiger charge is 2.15. The van der Waals surface area contributed by atoms with Gasteiger partial charge in [-0.15, -0.1) is 11.3 Å². The van der Waals surface area contributed by atoms with E-state index in [1.54, 1.807) is 25.2 Å². The molecule has 0 atom stereocenters. The number of aromatic amines is 1. The molecule has 0 amide bonds. The van der Waals surface area contributed by atoms with Crippen molar-refractivity contribution in [2.24, 2.45) is 0 Å². The smallest absolute Gasteiger partial charge is 0.306 e. The molecule has 132 valence electrons. The normalized spacial score (nSPS) is 11.0. The molecule has 8 nitrogen and oxygen atoms in total. The predicted molar refractivity (Wildman–Crippen MR) is 94.9 cm³/mol. The van der Waals surface area contributed by atoms with Gasteiger partial charge in [-0.3, -0.25) is 14.7 Å². The summed E-state index contributed by atoms with van der Waals surface area (Å²) in [4.78, 5) is 34.0. The number of aromatic nitrogens is 4. The van der Waals surface area contributed by atoms with Gasteiger partial charge in [0.1, 0.15) is 0 Å². The van der Waals surface area contributed by atoms with Gasteiger partial charge in [-0.05, 0) is 31.7 Å². The highest BCUT2D eigenvalue weighted by Crippen LogP contribution is 2.11. The van der Waals surface area contributed by atoms with E-state index in [1.807, 2.05) is 17.5 Å². The number of hydrogen-bond donors (Lipinski definition) is 2. The Balaban J connectivity index is 1.80. The third kappa shape index (κ3) is 3.87. The van der Waals surface area contributed by atoms with Crippen molar-refractivity contribution in [2.45, 2.75) is 33.2 Å². The van der Waals surface area contributed by atoms with Gasteiger partial charge in [0.25, 0.3) is 11.3 Å². The Morgan fingerprint density at radius 2 is 2.28 bits per heavy atom. The Morgan fingerprint density at radius 3 is 3.00 bits per heavy atom. The molecular formula is C16H19N5O3S. The standard InChI is InChI=1S/C16H19N5O3S/c1-3-24-13(22)7-6-12-10(2)18-16-19-15(20-21(16)14(12)23)17-9-11-5-4-8-25-11/h4-5,8H,3,6-7,9H2,1-2H3,(H2,17,18,19,20). The molecule has 0 spiro atoms. The van der Waals surface area contributed by atoms with E-state index in [-0.39, 0.29) is 24.4 Å². The SMILES string of the molecule is CCOC(=O)CCc1c(C)nc2nc(NCc3cccs3)[nH]n2c1=O. The second kappa shape index (κ2) is 7.47. The van der Waals surface area contributed by atoms with Gasteiger partial charge >= 0.3 is 5.97 Å². The summed E-state index contributed by atoms with van der Waals surface area (Å²) in [5, 5.41) is 8.06. The quantitative estimate of drug-likeness (QED) is 0.623. The van der Waals surface area contributed by atoms with E-state index in [1.165, 1.54) is 4.52 Å². The summed E-state index contributed by atoms with van der Waals surface area (Å²) in [5.74, 6) is 0.449. The van der Waals surface area contributed by atoms with Crippen molar-refractivity contribution < 1.29 is 9.53 Å². The molecule has 0 fully saturated rings. The summed E-state index contributed by atoms with van der Waals surface area (Å²) >= 11 is 1.64. The highest BCUT2D eigenvalue weighted by molar-refractivity contribution is 7.09. The third-order valence-electron chi connectivity index (χ3n) is 3.69. The van der Waals surface area contributed by atoms with Crippen molar-refractivity contribution in [1.82, 2.24) is 19.6 Å². The van der Waals surface area contributed by atoms with Gasteiger partial charge in [-0.2, -0.15) is 9.50 Å². The summed E-state index contributed by atoms with van der Waals surface area (Å²) in [5.41, 5.74) is 0.813. The van der Waals surface area contributed by atoms with Crippen LogP contribution in [0.4, 0.5) is 5.95 Å². The second-order valence-corrected chi connectivity index (χ2v) is 6.46. The van der Waals surface area contributed by atoms with Crippen molar-refractivity contribution in [3.8, 4) is 0 Å². The molecule has 0 radical (unpaired) electrons. The Morgan fingerprint density at radius 1 is 1.44 bits per heavy atom. The lowest BCUT2D eigenvalue weighted by Gasteiger charge is -2.04. The van der Waals surface area contributed by atoms with E-state index in [9.17, 15) is 9.59 Å². The Bertz CT molecular complexity index is 929. The molecule has 3 rings (SSSR count). The van der Waals surface area contributed by atoms with Crippen LogP contribution in [0.5, 0.6) is 0 Å². The van der Waals surface area contributed by atoms with Gasteiger partial charge in [-0.1, -0.05) is 6.07 Å². The van der Waals surface area contributed by atoms with Gasteiger partial charge in [0.2, 0.25) is 5.95 Å². The molecule has 0 unspecified atom stereocenters. The lowest BCUT2D eigenvalue weighted by Crippen LogP contribution is -2.23. The molecular weight excluding hydrogens is 342 g/mol. The van der Waals surface area contributed by atoms with Crippen LogP contribution < -0.4 is 10.9 Å². The van der Waals surface area contributed by atoms with E-state index in [0.29, 0.717) is 36.1 Å². The van der Waals surface area contributed by atoms with E-state index < -0.39 is 0 Å². The van der Waals surface area contributed by atoms with Gasteiger partial charge < -0.3 is 10.1 Å². The van der Waals surface area contributed by atoms with E-state index in [4.69, 9.17) is 4.74 Å². The van der Waals surface area contributed by atoms with Crippen molar-refractivity contribution >= 4 is 29.0 Å². The van der Waals surface area contributed by atoms with Gasteiger partial charge in [0.05, 0.1) is 18.8 Å². The maximum absolute atomic E-state index is 12.6. The topological polar surface area (TPSA) is 101 Å². The molecule has 25 heavy (non-hydrogen) atoms. The number of H-pyrrole nitrogens is 1. The Hall–Kier alpha value is -2.68. The van der Waals surface area contributed by atoms with Crippen LogP contribution in [0, 0.1) is 6.92 Å². The first kappa shape index (κ1) is 17.2. The zero-order valence-corrected chi connectivity index (χ0v) is 14.9. The molecule has 0 aliphatic heterocycles. The van der Waals surface area contributed by atoms with E-state index in [0.717, 1.165) is 4.88 Å². The Labute approximate surface area is 147 Å². The first-order valence-corrected chi connectivity index (χ1v) is 8.86. The maximum Gasteiger partial charge on any atom is 0.306 e. The average molecular weight is 361 g/mol. The number of thiophene rings is 1. The van der Waals surface area contributed by atoms with Crippen LogP contribution in [0.3, 0.4) is 0 Å². The number of hydrogen-bond acceptors (Lipinski definition) is 7. The Kier molecular flexibility index (Phi) is 5.13. The molecule has 0 aliphatic carbocycles. The average Bonchev–Trinajstić information content (AvgIpc) is 3.22. The molecule has 9 heteroatoms. The molecule has 3 heterocycles. The van der Waals surface area contributed by atoms with Crippen LogP contribution in [0.15, 0.2) is 22.3 Å². The van der Waals surface area contributed by atoms with Gasteiger partial charge in [0, 0.05) is 16.9 Å². The molecule has 0 aliphatic rings. The fourth-order valence-corrected chi connectivity index (χ4v) is 3.11. The number of aryl methyl sites for hydroxylation is 1. The zero-order chi connectivity index (χ0) is 17.8. The number of fused-ring (bicyclic) bond motifs is 1. The van der Waals surface area contributed by atoms with Crippen LogP contribution in [-0.4, -0.2) is 32.2 Å². The first-order chi connectivity index (χ1) is 12.1. The fourth-order valence-electron chi connectivity index (χ4n) is 2.47. The van der Waals surface area contributed by atoms with Crippen LogP contribution >= 0.6 is 11.3 Å². The summed E-state index contributed by atoms with van der Waals surface area (Å²) in [7, 11) is 0. The fraction of sp³-hybridized carbons (Fsp3) is 0.375. The molecule has 0 aromatic carbocycles. The lowest BCUT2D eigenvalue weighted by atomic mass is 10.1. The lowest BCUT2D eigenvalue weighted by molar-refractivity contribution is -0.143. The summed E-state index contributed by atoms with van der Waals surface area (Å²) in [6, 6.07) is 3.99. The van der Waals surface area contributed by atoms with Crippen molar-refractivity contribution in [1.29, 1.82) is 0 Å². The van der Waals surface area contributed by atoms with Crippen LogP contribution in [0.2, 0.25) is 0 Å². The second-order valence-electron chi connectivity index (χ2n) is 5.43. The minimum Gasteiger partial charge on any atom is -0.466 e. The number of carbonyl (C=O) groups is 1. The number of anilines is 1. The molecule has 2 N–H and O–H groups in total. The number of esters is 1. The molecule has 0 saturated carbocycles. The van der Waals surface area contributed by atoms with E-state index in [2.05, 4.69) is 20.4 Å². The number of nitrogens with zero attached hydrogens (tertiary/aromatic N) is 3. The number of ether oxygens (including phenoxy) is 1. The minimum atomic E-state index is -0.325. The largest absolute Gasteiger partial charge is 0.466 e. The minimum absolute atomic E-state index is 0.148. The van der Waals surface area contributed by atoms with Gasteiger partial charge in [-0.25, -0.2) is 4.98 Å².